The number of benzene rings is 2. The fraction of sp³-hybridized carbons (Fsp3) is 0.567. The highest BCUT2D eigenvalue weighted by molar-refractivity contribution is 7.89. The lowest BCUT2D eigenvalue weighted by Gasteiger charge is -2.31. The van der Waals surface area contributed by atoms with Gasteiger partial charge in [0.05, 0.1) is 36.7 Å². The molecule has 0 radical (unpaired) electrons. The monoisotopic (exact) mass is 587 g/mol. The van der Waals surface area contributed by atoms with E-state index in [0.717, 1.165) is 37.7 Å². The quantitative estimate of drug-likeness (QED) is 0.362. The average Bonchev–Trinajstić information content (AvgIpc) is 3.72. The Morgan fingerprint density at radius 3 is 2.59 bits per heavy atom. The van der Waals surface area contributed by atoms with Crippen LogP contribution >= 0.6 is 0 Å². The number of hydrogen-bond donors (Lipinski definition) is 2. The van der Waals surface area contributed by atoms with Crippen LogP contribution in [0.2, 0.25) is 0 Å². The van der Waals surface area contributed by atoms with Crippen LogP contribution in [0.3, 0.4) is 0 Å². The summed E-state index contributed by atoms with van der Waals surface area (Å²) in [5, 5.41) is 11.3. The molecule has 1 saturated carbocycles. The Labute approximate surface area is 242 Å². The van der Waals surface area contributed by atoms with Crippen molar-refractivity contribution in [3.63, 3.8) is 0 Å². The van der Waals surface area contributed by atoms with Gasteiger partial charge < -0.3 is 30.0 Å². The molecule has 2 aliphatic heterocycles. The van der Waals surface area contributed by atoms with E-state index in [1.807, 2.05) is 30.3 Å². The fourth-order valence-corrected chi connectivity index (χ4v) is 7.65. The van der Waals surface area contributed by atoms with Gasteiger partial charge >= 0.3 is 6.09 Å². The van der Waals surface area contributed by atoms with E-state index >= 15 is 0 Å². The summed E-state index contributed by atoms with van der Waals surface area (Å²) in [7, 11) is -3.92. The second-order valence-corrected chi connectivity index (χ2v) is 13.3. The topological polar surface area (TPSA) is 132 Å². The van der Waals surface area contributed by atoms with E-state index in [1.54, 1.807) is 12.1 Å². The molecule has 11 heteroatoms. The third-order valence-corrected chi connectivity index (χ3v) is 10.1. The minimum atomic E-state index is -3.92. The van der Waals surface area contributed by atoms with Gasteiger partial charge in [-0.25, -0.2) is 13.2 Å². The molecule has 5 rings (SSSR count). The standard InChI is InChI=1S/C30H41N3O7S/c31-24-11-6-12-26(17-24)41(36,37)33(18-23-9-4-5-10-23)20-25(34)19-32(15-13-22-7-2-1-3-8-22)30(35)40-28-21-39-29-27(28)14-16-38-29/h1-3,6-8,11-12,17,23,25,27-29,34H,4-5,9-10,13-16,18-21,31H2/t25-,27?,28+,29?/m0/s1. The molecule has 2 unspecified atom stereocenters. The first-order valence-electron chi connectivity index (χ1n) is 14.6. The number of nitrogen functional groups attached to an aromatic ring is 1. The summed E-state index contributed by atoms with van der Waals surface area (Å²) in [5.74, 6) is 0.214. The normalized spacial score (nSPS) is 23.5. The maximum atomic E-state index is 13.7. The molecule has 3 fully saturated rings. The Morgan fingerprint density at radius 1 is 1.05 bits per heavy atom. The summed E-state index contributed by atoms with van der Waals surface area (Å²) in [4.78, 5) is 15.0. The average molecular weight is 588 g/mol. The van der Waals surface area contributed by atoms with Gasteiger partial charge in [-0.3, -0.25) is 0 Å². The van der Waals surface area contributed by atoms with E-state index < -0.39 is 28.3 Å². The number of ether oxygens (including phenoxy) is 3. The van der Waals surface area contributed by atoms with Crippen molar-refractivity contribution in [1.29, 1.82) is 0 Å². The molecule has 2 saturated heterocycles. The van der Waals surface area contributed by atoms with Crippen LogP contribution in [0, 0.1) is 11.8 Å². The van der Waals surface area contributed by atoms with Crippen molar-refractivity contribution in [2.45, 2.75) is 61.9 Å². The van der Waals surface area contributed by atoms with E-state index in [4.69, 9.17) is 19.9 Å². The van der Waals surface area contributed by atoms with Gasteiger partial charge in [0.25, 0.3) is 0 Å². The minimum Gasteiger partial charge on any atom is -0.443 e. The predicted octanol–water partition coefficient (Wildman–Crippen LogP) is 3.25. The molecule has 2 aromatic rings. The molecule has 3 N–H and O–H groups in total. The summed E-state index contributed by atoms with van der Waals surface area (Å²) in [6, 6.07) is 16.0. The smallest absolute Gasteiger partial charge is 0.410 e. The Morgan fingerprint density at radius 2 is 1.83 bits per heavy atom. The summed E-state index contributed by atoms with van der Waals surface area (Å²) >= 11 is 0. The second kappa shape index (κ2) is 13.5. The van der Waals surface area contributed by atoms with Gasteiger partial charge in [-0.1, -0.05) is 49.2 Å². The van der Waals surface area contributed by atoms with Gasteiger partial charge in [0, 0.05) is 25.3 Å². The fourth-order valence-electron chi connectivity index (χ4n) is 6.04. The van der Waals surface area contributed by atoms with Gasteiger partial charge in [-0.2, -0.15) is 4.31 Å². The lowest BCUT2D eigenvalue weighted by molar-refractivity contribution is -0.0907. The third-order valence-electron chi connectivity index (χ3n) is 8.29. The van der Waals surface area contributed by atoms with Gasteiger partial charge in [-0.05, 0) is 55.4 Å². The van der Waals surface area contributed by atoms with Crippen LogP contribution in [-0.4, -0.2) is 86.7 Å². The molecule has 224 valence electrons. The third kappa shape index (κ3) is 7.58. The van der Waals surface area contributed by atoms with Crippen LogP contribution in [0.25, 0.3) is 0 Å². The zero-order chi connectivity index (χ0) is 28.8. The molecule has 0 spiro atoms. The number of sulfonamides is 1. The summed E-state index contributed by atoms with van der Waals surface area (Å²) in [6.45, 7) is 1.24. The van der Waals surface area contributed by atoms with E-state index in [0.29, 0.717) is 31.8 Å². The van der Waals surface area contributed by atoms with Gasteiger partial charge in [-0.15, -0.1) is 0 Å². The number of carbonyl (C=O) groups is 1. The highest BCUT2D eigenvalue weighted by Gasteiger charge is 2.44. The molecule has 10 nitrogen and oxygen atoms in total. The van der Waals surface area contributed by atoms with Crippen LogP contribution in [0.1, 0.15) is 37.7 Å². The first-order valence-corrected chi connectivity index (χ1v) is 16.0. The van der Waals surface area contributed by atoms with Crippen molar-refractivity contribution in [1.82, 2.24) is 9.21 Å². The number of amides is 1. The van der Waals surface area contributed by atoms with Crippen LogP contribution in [0.15, 0.2) is 59.5 Å². The first kappa shape index (κ1) is 29.8. The Hall–Kier alpha value is -2.70. The molecular formula is C30H41N3O7S. The lowest BCUT2D eigenvalue weighted by atomic mass is 10.0. The molecular weight excluding hydrogens is 546 g/mol. The highest BCUT2D eigenvalue weighted by Crippen LogP contribution is 2.33. The van der Waals surface area contributed by atoms with Gasteiger partial charge in [0.2, 0.25) is 10.0 Å². The van der Waals surface area contributed by atoms with Crippen LogP contribution in [0.4, 0.5) is 10.5 Å². The lowest BCUT2D eigenvalue weighted by Crippen LogP contribution is -2.47. The minimum absolute atomic E-state index is 0.00907. The number of fused-ring (bicyclic) bond motifs is 1. The molecule has 2 heterocycles. The Bertz CT molecular complexity index is 1260. The number of carbonyl (C=O) groups excluding carboxylic acids is 1. The largest absolute Gasteiger partial charge is 0.443 e. The number of aliphatic hydroxyl groups is 1. The molecule has 41 heavy (non-hydrogen) atoms. The van der Waals surface area contributed by atoms with Gasteiger partial charge in [0.15, 0.2) is 6.29 Å². The van der Waals surface area contributed by atoms with Crippen LogP contribution < -0.4 is 5.73 Å². The summed E-state index contributed by atoms with van der Waals surface area (Å²) in [5.41, 5.74) is 7.29. The molecule has 4 atom stereocenters. The number of rotatable bonds is 12. The van der Waals surface area contributed by atoms with Crippen molar-refractivity contribution in [2.24, 2.45) is 11.8 Å². The molecule has 1 amide bonds. The number of anilines is 1. The van der Waals surface area contributed by atoms with E-state index in [1.165, 1.54) is 21.3 Å². The van der Waals surface area contributed by atoms with Crippen molar-refractivity contribution in [2.75, 3.05) is 45.1 Å². The van der Waals surface area contributed by atoms with Crippen LogP contribution in [-0.2, 0) is 30.7 Å². The zero-order valence-corrected chi connectivity index (χ0v) is 24.2. The second-order valence-electron chi connectivity index (χ2n) is 11.3. The Balaban J connectivity index is 1.30. The van der Waals surface area contributed by atoms with Crippen molar-refractivity contribution in [3.05, 3.63) is 60.2 Å². The number of nitrogens with two attached hydrogens (primary N) is 1. The van der Waals surface area contributed by atoms with Crippen molar-refractivity contribution in [3.8, 4) is 0 Å². The maximum Gasteiger partial charge on any atom is 0.410 e. The molecule has 0 bridgehead atoms. The molecule has 1 aliphatic carbocycles. The van der Waals surface area contributed by atoms with Gasteiger partial charge in [0.1, 0.15) is 6.10 Å². The summed E-state index contributed by atoms with van der Waals surface area (Å²) < 4.78 is 45.8. The maximum absolute atomic E-state index is 13.7. The number of hydrogen-bond acceptors (Lipinski definition) is 8. The highest BCUT2D eigenvalue weighted by atomic mass is 32.2. The van der Waals surface area contributed by atoms with E-state index in [-0.39, 0.29) is 42.7 Å². The van der Waals surface area contributed by atoms with Crippen molar-refractivity contribution >= 4 is 21.8 Å². The first-order chi connectivity index (χ1) is 19.8. The van der Waals surface area contributed by atoms with Crippen LogP contribution in [0.5, 0.6) is 0 Å². The van der Waals surface area contributed by atoms with E-state index in [2.05, 4.69) is 0 Å². The number of nitrogens with zero attached hydrogens (tertiary/aromatic N) is 2. The molecule has 3 aliphatic rings. The van der Waals surface area contributed by atoms with Crippen molar-refractivity contribution < 1.29 is 32.5 Å². The zero-order valence-electron chi connectivity index (χ0n) is 23.3. The SMILES string of the molecule is Nc1cccc(S(=O)(=O)N(CC2CCCC2)C[C@@H](O)CN(CCc2ccccc2)C(=O)O[C@@H]2COC3OCCC32)c1. The summed E-state index contributed by atoms with van der Waals surface area (Å²) in [6.07, 6.45) is 2.90. The molecule has 0 aromatic heterocycles. The Kier molecular flexibility index (Phi) is 9.82. The predicted molar refractivity (Wildman–Crippen MR) is 153 cm³/mol. The van der Waals surface area contributed by atoms with E-state index in [9.17, 15) is 18.3 Å². The molecule has 2 aromatic carbocycles. The number of aliphatic hydroxyl groups excluding tert-OH is 1.